The Bertz CT molecular complexity index is 805. The SMILES string of the molecule is CC[NH+](CC(=O)Nc1cc(Cl)ccc1C)CN1C(=O)NC2(CCC(C)CC2)C1=O. The van der Waals surface area contributed by atoms with Crippen molar-refractivity contribution in [2.75, 3.05) is 25.1 Å². The molecule has 29 heavy (non-hydrogen) atoms. The van der Waals surface area contributed by atoms with Crippen molar-refractivity contribution in [1.29, 1.82) is 0 Å². The number of quaternary nitrogens is 1. The molecule has 7 nitrogen and oxygen atoms in total. The van der Waals surface area contributed by atoms with Crippen molar-refractivity contribution in [3.8, 4) is 0 Å². The summed E-state index contributed by atoms with van der Waals surface area (Å²) in [6, 6.07) is 4.99. The molecule has 1 heterocycles. The van der Waals surface area contributed by atoms with E-state index >= 15 is 0 Å². The molecular formula is C21H30ClN4O3+. The van der Waals surface area contributed by atoms with E-state index < -0.39 is 5.54 Å². The van der Waals surface area contributed by atoms with E-state index in [1.807, 2.05) is 19.9 Å². The van der Waals surface area contributed by atoms with Crippen LogP contribution in [0.3, 0.4) is 0 Å². The molecule has 158 valence electrons. The van der Waals surface area contributed by atoms with Gasteiger partial charge in [-0.05, 0) is 63.1 Å². The van der Waals surface area contributed by atoms with Gasteiger partial charge >= 0.3 is 6.03 Å². The molecule has 1 unspecified atom stereocenters. The number of aryl methyl sites for hydroxylation is 1. The Morgan fingerprint density at radius 2 is 2.03 bits per heavy atom. The molecule has 2 fully saturated rings. The molecule has 1 aromatic rings. The molecule has 8 heteroatoms. The molecule has 1 aromatic carbocycles. The molecule has 3 rings (SSSR count). The van der Waals surface area contributed by atoms with Gasteiger partial charge in [0.2, 0.25) is 0 Å². The fraction of sp³-hybridized carbons (Fsp3) is 0.571. The number of nitrogens with zero attached hydrogens (tertiary/aromatic N) is 1. The monoisotopic (exact) mass is 421 g/mol. The third-order valence-corrected chi connectivity index (χ3v) is 6.37. The highest BCUT2D eigenvalue weighted by atomic mass is 35.5. The predicted octanol–water partition coefficient (Wildman–Crippen LogP) is 1.95. The Morgan fingerprint density at radius 3 is 2.69 bits per heavy atom. The van der Waals surface area contributed by atoms with Gasteiger partial charge in [-0.25, -0.2) is 9.69 Å². The van der Waals surface area contributed by atoms with Crippen molar-refractivity contribution in [3.05, 3.63) is 28.8 Å². The average Bonchev–Trinajstić information content (AvgIpc) is 2.90. The van der Waals surface area contributed by atoms with Crippen molar-refractivity contribution in [3.63, 3.8) is 0 Å². The topological polar surface area (TPSA) is 82.9 Å². The largest absolute Gasteiger partial charge is 0.329 e. The predicted molar refractivity (Wildman–Crippen MR) is 112 cm³/mol. The number of amides is 4. The van der Waals surface area contributed by atoms with Gasteiger partial charge in [-0.1, -0.05) is 24.6 Å². The van der Waals surface area contributed by atoms with E-state index in [2.05, 4.69) is 17.6 Å². The fourth-order valence-corrected chi connectivity index (χ4v) is 4.25. The number of halogens is 1. The fourth-order valence-electron chi connectivity index (χ4n) is 4.08. The van der Waals surface area contributed by atoms with Crippen LogP contribution in [0.2, 0.25) is 5.02 Å². The number of imide groups is 1. The molecule has 0 bridgehead atoms. The van der Waals surface area contributed by atoms with Crippen molar-refractivity contribution < 1.29 is 19.3 Å². The number of hydrogen-bond donors (Lipinski definition) is 3. The van der Waals surface area contributed by atoms with Gasteiger partial charge in [-0.15, -0.1) is 0 Å². The van der Waals surface area contributed by atoms with Crippen molar-refractivity contribution in [2.45, 2.75) is 52.0 Å². The van der Waals surface area contributed by atoms with Crippen LogP contribution < -0.4 is 15.5 Å². The second-order valence-electron chi connectivity index (χ2n) is 8.37. The highest BCUT2D eigenvalue weighted by Crippen LogP contribution is 2.35. The average molecular weight is 422 g/mol. The first-order chi connectivity index (χ1) is 13.7. The molecule has 1 saturated carbocycles. The number of carbonyl (C=O) groups is 3. The van der Waals surface area contributed by atoms with Gasteiger partial charge in [0.25, 0.3) is 11.8 Å². The number of benzene rings is 1. The highest BCUT2D eigenvalue weighted by Gasteiger charge is 2.53. The minimum atomic E-state index is -0.747. The molecule has 0 aromatic heterocycles. The summed E-state index contributed by atoms with van der Waals surface area (Å²) < 4.78 is 0. The molecule has 4 amide bonds. The summed E-state index contributed by atoms with van der Waals surface area (Å²) in [7, 11) is 0. The zero-order valence-corrected chi connectivity index (χ0v) is 18.1. The number of urea groups is 1. The third kappa shape index (κ3) is 4.73. The maximum absolute atomic E-state index is 13.0. The summed E-state index contributed by atoms with van der Waals surface area (Å²) in [5, 5.41) is 6.36. The maximum Gasteiger partial charge on any atom is 0.329 e. The van der Waals surface area contributed by atoms with Crippen molar-refractivity contribution >= 4 is 35.1 Å². The number of rotatable bonds is 6. The highest BCUT2D eigenvalue weighted by molar-refractivity contribution is 6.31. The van der Waals surface area contributed by atoms with E-state index in [4.69, 9.17) is 11.6 Å². The Hall–Kier alpha value is -2.12. The van der Waals surface area contributed by atoms with Gasteiger partial charge in [-0.3, -0.25) is 9.59 Å². The first kappa shape index (κ1) is 21.6. The van der Waals surface area contributed by atoms with Crippen LogP contribution in [0.25, 0.3) is 0 Å². The number of nitrogens with one attached hydrogen (secondary N) is 3. The lowest BCUT2D eigenvalue weighted by Gasteiger charge is -2.33. The third-order valence-electron chi connectivity index (χ3n) is 6.14. The summed E-state index contributed by atoms with van der Waals surface area (Å²) >= 11 is 6.01. The summed E-state index contributed by atoms with van der Waals surface area (Å²) in [5.41, 5.74) is 0.842. The zero-order chi connectivity index (χ0) is 21.2. The van der Waals surface area contributed by atoms with Crippen LogP contribution in [0, 0.1) is 12.8 Å². The maximum atomic E-state index is 13.0. The Morgan fingerprint density at radius 1 is 1.34 bits per heavy atom. The van der Waals surface area contributed by atoms with Crippen LogP contribution in [-0.2, 0) is 9.59 Å². The normalized spacial score (nSPS) is 25.2. The number of anilines is 1. The van der Waals surface area contributed by atoms with Crippen LogP contribution in [-0.4, -0.2) is 48.0 Å². The van der Waals surface area contributed by atoms with Crippen molar-refractivity contribution in [2.24, 2.45) is 5.92 Å². The Labute approximate surface area is 176 Å². The quantitative estimate of drug-likeness (QED) is 0.614. The van der Waals surface area contributed by atoms with Gasteiger partial charge in [0.1, 0.15) is 5.54 Å². The zero-order valence-electron chi connectivity index (χ0n) is 17.3. The number of carbonyl (C=O) groups excluding carboxylic acids is 3. The van der Waals surface area contributed by atoms with E-state index in [0.717, 1.165) is 23.3 Å². The van der Waals surface area contributed by atoms with Gasteiger partial charge in [0.15, 0.2) is 13.2 Å². The van der Waals surface area contributed by atoms with Crippen LogP contribution in [0.4, 0.5) is 10.5 Å². The van der Waals surface area contributed by atoms with E-state index in [-0.39, 0.29) is 31.1 Å². The molecule has 1 saturated heterocycles. The van der Waals surface area contributed by atoms with Crippen LogP contribution in [0.15, 0.2) is 18.2 Å². The summed E-state index contributed by atoms with van der Waals surface area (Å²) in [5.74, 6) is 0.253. The molecular weight excluding hydrogens is 392 g/mol. The first-order valence-electron chi connectivity index (χ1n) is 10.3. The van der Waals surface area contributed by atoms with Crippen LogP contribution in [0.1, 0.15) is 45.1 Å². The van der Waals surface area contributed by atoms with Crippen LogP contribution in [0.5, 0.6) is 0 Å². The molecule has 1 atom stereocenters. The first-order valence-corrected chi connectivity index (χ1v) is 10.7. The molecule has 2 aliphatic rings. The number of likely N-dealkylation sites (N-methyl/N-ethyl adjacent to an activating group) is 1. The summed E-state index contributed by atoms with van der Waals surface area (Å²) in [4.78, 5) is 40.2. The van der Waals surface area contributed by atoms with Crippen LogP contribution >= 0.6 is 11.6 Å². The summed E-state index contributed by atoms with van der Waals surface area (Å²) in [6.45, 7) is 6.96. The van der Waals surface area contributed by atoms with Gasteiger partial charge in [0, 0.05) is 10.7 Å². The minimum Gasteiger partial charge on any atom is -0.323 e. The van der Waals surface area contributed by atoms with E-state index in [1.54, 1.807) is 12.1 Å². The Balaban J connectivity index is 1.62. The van der Waals surface area contributed by atoms with Gasteiger partial charge < -0.3 is 15.5 Å². The lowest BCUT2D eigenvalue weighted by atomic mass is 9.77. The van der Waals surface area contributed by atoms with E-state index in [9.17, 15) is 14.4 Å². The Kier molecular flexibility index (Phi) is 6.49. The molecule has 1 aliphatic heterocycles. The van der Waals surface area contributed by atoms with Gasteiger partial charge in [0.05, 0.1) is 6.54 Å². The summed E-state index contributed by atoms with van der Waals surface area (Å²) in [6.07, 6.45) is 3.24. The second-order valence-corrected chi connectivity index (χ2v) is 8.81. The second kappa shape index (κ2) is 8.71. The van der Waals surface area contributed by atoms with E-state index in [0.29, 0.717) is 36.0 Å². The molecule has 0 radical (unpaired) electrons. The van der Waals surface area contributed by atoms with Gasteiger partial charge in [-0.2, -0.15) is 0 Å². The lowest BCUT2D eigenvalue weighted by molar-refractivity contribution is -0.897. The van der Waals surface area contributed by atoms with Crippen molar-refractivity contribution in [1.82, 2.24) is 10.2 Å². The lowest BCUT2D eigenvalue weighted by Crippen LogP contribution is -3.14. The molecule has 3 N–H and O–H groups in total. The minimum absolute atomic E-state index is 0.147. The van der Waals surface area contributed by atoms with E-state index in [1.165, 1.54) is 4.90 Å². The number of hydrogen-bond acceptors (Lipinski definition) is 3. The molecule has 1 aliphatic carbocycles. The smallest absolute Gasteiger partial charge is 0.323 e. The standard InChI is InChI=1S/C21H29ClN4O3/c1-4-25(12-18(27)23-17-11-16(22)6-5-15(17)3)13-26-19(28)21(24-20(26)29)9-7-14(2)8-10-21/h5-6,11,14H,4,7-10,12-13H2,1-3H3,(H,23,27)(H,24,29)/p+1. The molecule has 1 spiro atoms.